The first-order valence-electron chi connectivity index (χ1n) is 11.9. The van der Waals surface area contributed by atoms with E-state index < -0.39 is 17.7 Å². The van der Waals surface area contributed by atoms with Crippen molar-refractivity contribution in [2.45, 2.75) is 25.4 Å². The lowest BCUT2D eigenvalue weighted by molar-refractivity contribution is -0.139. The fraction of sp³-hybridized carbons (Fsp3) is 0.520. The Kier molecular flexibility index (Phi) is 7.69. The predicted octanol–water partition coefficient (Wildman–Crippen LogP) is 4.06. The van der Waals surface area contributed by atoms with E-state index in [0.717, 1.165) is 19.0 Å². The Hall–Kier alpha value is -3.01. The summed E-state index contributed by atoms with van der Waals surface area (Å²) < 4.78 is 44.4. The van der Waals surface area contributed by atoms with Gasteiger partial charge in [-0.05, 0) is 61.6 Å². The number of benzene rings is 1. The molecular formula is C25H30F3N3O4. The molecule has 1 aromatic carbocycles. The average molecular weight is 494 g/mol. The third-order valence-corrected chi connectivity index (χ3v) is 7.07. The van der Waals surface area contributed by atoms with E-state index in [9.17, 15) is 27.9 Å². The summed E-state index contributed by atoms with van der Waals surface area (Å²) in [5.41, 5.74) is -0.0757. The van der Waals surface area contributed by atoms with Gasteiger partial charge in [-0.15, -0.1) is 0 Å². The molecule has 3 heterocycles. The largest absolute Gasteiger partial charge is 0.481 e. The molecular weight excluding hydrogens is 463 g/mol. The standard InChI is InChI=1S/C25H30F3N3O4/c26-25(27,28)20-3-1-4-21(16-20)30-12-10-29(11-13-30)8-6-19-17-31(9-7-18(19)15-23(32)33)24(34)22-5-2-14-35-22/h1-5,14,16,18-19H,6-13,15,17H2,(H,32,33)/t18-,19+/m0/s1. The molecule has 2 saturated heterocycles. The van der Waals surface area contributed by atoms with Crippen molar-refractivity contribution in [2.24, 2.45) is 11.8 Å². The number of piperidine rings is 1. The highest BCUT2D eigenvalue weighted by Crippen LogP contribution is 2.33. The van der Waals surface area contributed by atoms with Crippen molar-refractivity contribution in [3.63, 3.8) is 0 Å². The molecule has 0 spiro atoms. The van der Waals surface area contributed by atoms with Crippen molar-refractivity contribution >= 4 is 17.6 Å². The van der Waals surface area contributed by atoms with Crippen molar-refractivity contribution in [3.05, 3.63) is 54.0 Å². The molecule has 35 heavy (non-hydrogen) atoms. The smallest absolute Gasteiger partial charge is 0.416 e. The molecule has 4 rings (SSSR count). The second kappa shape index (κ2) is 10.7. The Labute approximate surface area is 202 Å². The van der Waals surface area contributed by atoms with Crippen LogP contribution in [0, 0.1) is 11.8 Å². The van der Waals surface area contributed by atoms with Crippen LogP contribution in [0.4, 0.5) is 18.9 Å². The number of hydrogen-bond acceptors (Lipinski definition) is 5. The van der Waals surface area contributed by atoms with Crippen LogP contribution >= 0.6 is 0 Å². The fourth-order valence-corrected chi connectivity index (χ4v) is 5.10. The normalized spacial score (nSPS) is 21.8. The van der Waals surface area contributed by atoms with Crippen LogP contribution in [0.1, 0.15) is 35.4 Å². The highest BCUT2D eigenvalue weighted by molar-refractivity contribution is 5.91. The molecule has 0 radical (unpaired) electrons. The van der Waals surface area contributed by atoms with Crippen molar-refractivity contribution in [2.75, 3.05) is 50.7 Å². The number of likely N-dealkylation sites (tertiary alicyclic amines) is 1. The number of furan rings is 1. The van der Waals surface area contributed by atoms with Crippen LogP contribution in [0.15, 0.2) is 47.1 Å². The van der Waals surface area contributed by atoms with Gasteiger partial charge in [0.2, 0.25) is 0 Å². The number of halogens is 3. The van der Waals surface area contributed by atoms with E-state index in [-0.39, 0.29) is 29.9 Å². The third kappa shape index (κ3) is 6.36. The van der Waals surface area contributed by atoms with Crippen LogP contribution in [0.3, 0.4) is 0 Å². The number of carboxylic acid groups (broad SMARTS) is 1. The number of rotatable bonds is 7. The van der Waals surface area contributed by atoms with E-state index in [1.807, 2.05) is 4.90 Å². The molecule has 2 atom stereocenters. The summed E-state index contributed by atoms with van der Waals surface area (Å²) in [6.07, 6.45) is -1.44. The molecule has 2 aliphatic heterocycles. The maximum atomic E-state index is 13.0. The lowest BCUT2D eigenvalue weighted by Crippen LogP contribution is -2.48. The van der Waals surface area contributed by atoms with Crippen molar-refractivity contribution in [1.29, 1.82) is 0 Å². The summed E-state index contributed by atoms with van der Waals surface area (Å²) in [7, 11) is 0. The van der Waals surface area contributed by atoms with Gasteiger partial charge in [0.15, 0.2) is 5.76 Å². The Bertz CT molecular complexity index is 1000. The lowest BCUT2D eigenvalue weighted by atomic mass is 9.81. The van der Waals surface area contributed by atoms with Gasteiger partial charge in [-0.2, -0.15) is 13.2 Å². The fourth-order valence-electron chi connectivity index (χ4n) is 5.10. The van der Waals surface area contributed by atoms with Crippen molar-refractivity contribution < 1.29 is 32.3 Å². The van der Waals surface area contributed by atoms with Gasteiger partial charge in [0.05, 0.1) is 11.8 Å². The van der Waals surface area contributed by atoms with Crippen molar-refractivity contribution in [3.8, 4) is 0 Å². The Morgan fingerprint density at radius 1 is 1.03 bits per heavy atom. The molecule has 7 nitrogen and oxygen atoms in total. The minimum absolute atomic E-state index is 0.000418. The molecule has 1 aromatic heterocycles. The average Bonchev–Trinajstić information content (AvgIpc) is 3.38. The highest BCUT2D eigenvalue weighted by atomic mass is 19.4. The first-order valence-corrected chi connectivity index (χ1v) is 11.9. The number of nitrogens with zero attached hydrogens (tertiary/aromatic N) is 3. The van der Waals surface area contributed by atoms with E-state index in [1.54, 1.807) is 23.1 Å². The molecule has 0 bridgehead atoms. The maximum Gasteiger partial charge on any atom is 0.416 e. The summed E-state index contributed by atoms with van der Waals surface area (Å²) in [6, 6.07) is 8.71. The third-order valence-electron chi connectivity index (χ3n) is 7.07. The van der Waals surface area contributed by atoms with Gasteiger partial charge in [0, 0.05) is 51.4 Å². The number of carboxylic acids is 1. The molecule has 1 amide bonds. The van der Waals surface area contributed by atoms with Crippen LogP contribution < -0.4 is 4.90 Å². The second-order valence-corrected chi connectivity index (χ2v) is 9.30. The minimum Gasteiger partial charge on any atom is -0.481 e. The van der Waals surface area contributed by atoms with E-state index in [1.165, 1.54) is 18.4 Å². The van der Waals surface area contributed by atoms with Gasteiger partial charge in [-0.1, -0.05) is 6.07 Å². The summed E-state index contributed by atoms with van der Waals surface area (Å²) in [4.78, 5) is 30.1. The van der Waals surface area contributed by atoms with Gasteiger partial charge in [-0.3, -0.25) is 14.5 Å². The first kappa shape index (κ1) is 25.1. The van der Waals surface area contributed by atoms with Crippen LogP contribution in [0.5, 0.6) is 0 Å². The van der Waals surface area contributed by atoms with Crippen molar-refractivity contribution in [1.82, 2.24) is 9.80 Å². The molecule has 2 fully saturated rings. The molecule has 10 heteroatoms. The number of anilines is 1. The van der Waals surface area contributed by atoms with Crippen LogP contribution in [-0.4, -0.2) is 72.6 Å². The zero-order valence-electron chi connectivity index (χ0n) is 19.4. The SMILES string of the molecule is O=C(O)C[C@@H]1CCN(C(=O)c2ccco2)C[C@H]1CCN1CCN(c2cccc(C(F)(F)F)c2)CC1. The van der Waals surface area contributed by atoms with Crippen LogP contribution in [0.2, 0.25) is 0 Å². The number of hydrogen-bond donors (Lipinski definition) is 1. The van der Waals surface area contributed by atoms with E-state index in [2.05, 4.69) is 4.90 Å². The van der Waals surface area contributed by atoms with E-state index >= 15 is 0 Å². The summed E-state index contributed by atoms with van der Waals surface area (Å²) in [6.45, 7) is 4.40. The van der Waals surface area contributed by atoms with Gasteiger partial charge in [0.1, 0.15) is 0 Å². The molecule has 0 saturated carbocycles. The zero-order chi connectivity index (χ0) is 25.0. The molecule has 0 unspecified atom stereocenters. The number of piperazine rings is 1. The highest BCUT2D eigenvalue weighted by Gasteiger charge is 2.34. The molecule has 2 aliphatic rings. The minimum atomic E-state index is -4.36. The van der Waals surface area contributed by atoms with Gasteiger partial charge >= 0.3 is 12.1 Å². The van der Waals surface area contributed by atoms with Gasteiger partial charge in [0.25, 0.3) is 5.91 Å². The molecule has 2 aromatic rings. The Balaban J connectivity index is 1.32. The molecule has 0 aliphatic carbocycles. The Morgan fingerprint density at radius 2 is 1.80 bits per heavy atom. The number of carbonyl (C=O) groups is 2. The number of amides is 1. The molecule has 1 N–H and O–H groups in total. The first-order chi connectivity index (χ1) is 16.7. The number of alkyl halides is 3. The second-order valence-electron chi connectivity index (χ2n) is 9.30. The monoisotopic (exact) mass is 493 g/mol. The summed E-state index contributed by atoms with van der Waals surface area (Å²) in [5, 5.41) is 9.35. The zero-order valence-corrected chi connectivity index (χ0v) is 19.4. The quantitative estimate of drug-likeness (QED) is 0.627. The van der Waals surface area contributed by atoms with E-state index in [0.29, 0.717) is 51.4 Å². The van der Waals surface area contributed by atoms with Gasteiger partial charge in [-0.25, -0.2) is 0 Å². The molecule has 190 valence electrons. The Morgan fingerprint density at radius 3 is 2.46 bits per heavy atom. The number of carbonyl (C=O) groups excluding carboxylic acids is 1. The summed E-state index contributed by atoms with van der Waals surface area (Å²) >= 11 is 0. The van der Waals surface area contributed by atoms with Gasteiger partial charge < -0.3 is 19.3 Å². The van der Waals surface area contributed by atoms with E-state index in [4.69, 9.17) is 4.42 Å². The summed E-state index contributed by atoms with van der Waals surface area (Å²) in [5.74, 6) is -0.671. The number of aliphatic carboxylic acids is 1. The maximum absolute atomic E-state index is 13.0. The lowest BCUT2D eigenvalue weighted by Gasteiger charge is -2.40. The van der Waals surface area contributed by atoms with Crippen LogP contribution in [-0.2, 0) is 11.0 Å². The van der Waals surface area contributed by atoms with Crippen LogP contribution in [0.25, 0.3) is 0 Å². The topological polar surface area (TPSA) is 77.2 Å². The predicted molar refractivity (Wildman–Crippen MR) is 123 cm³/mol.